The fraction of sp³-hybridized carbons (Fsp3) is 0.455. The zero-order valence-corrected chi connectivity index (χ0v) is 19.1. The van der Waals surface area contributed by atoms with Crippen LogP contribution in [0.25, 0.3) is 32.4 Å². The number of imidazole rings is 1. The van der Waals surface area contributed by atoms with Gasteiger partial charge in [-0.25, -0.2) is 15.0 Å². The number of aromatic nitrogens is 6. The number of fused-ring (bicyclic) bond motifs is 1. The number of nitrogens with zero attached hydrogens (tertiary/aromatic N) is 6. The Morgan fingerprint density at radius 3 is 2.84 bits per heavy atom. The molecule has 1 unspecified atom stereocenters. The Labute approximate surface area is 185 Å². The molecule has 0 aliphatic carbocycles. The van der Waals surface area contributed by atoms with Gasteiger partial charge in [0.15, 0.2) is 11.6 Å². The fourth-order valence-electron chi connectivity index (χ4n) is 3.95. The molecule has 1 N–H and O–H groups in total. The quantitative estimate of drug-likeness (QED) is 0.480. The Balaban J connectivity index is 1.61. The second-order valence-corrected chi connectivity index (χ2v) is 9.28. The van der Waals surface area contributed by atoms with Crippen molar-refractivity contribution in [2.75, 3.05) is 18.5 Å². The highest BCUT2D eigenvalue weighted by atomic mass is 32.1. The van der Waals surface area contributed by atoms with Gasteiger partial charge in [0.1, 0.15) is 16.3 Å². The summed E-state index contributed by atoms with van der Waals surface area (Å²) in [6.45, 7) is 7.96. The third-order valence-corrected chi connectivity index (χ3v) is 6.91. The van der Waals surface area contributed by atoms with Crippen molar-refractivity contribution >= 4 is 27.4 Å². The van der Waals surface area contributed by atoms with Crippen LogP contribution in [0.3, 0.4) is 0 Å². The molecule has 162 valence electrons. The van der Waals surface area contributed by atoms with Gasteiger partial charge in [-0.2, -0.15) is 5.10 Å². The summed E-state index contributed by atoms with van der Waals surface area (Å²) in [6.07, 6.45) is 8.13. The highest BCUT2D eigenvalue weighted by Crippen LogP contribution is 2.40. The smallest absolute Gasteiger partial charge is 0.199 e. The zero-order valence-electron chi connectivity index (χ0n) is 18.3. The van der Waals surface area contributed by atoms with Gasteiger partial charge in [0.2, 0.25) is 0 Å². The molecule has 9 heteroatoms. The Hall–Kier alpha value is -2.78. The van der Waals surface area contributed by atoms with Gasteiger partial charge in [-0.05, 0) is 45.2 Å². The summed E-state index contributed by atoms with van der Waals surface area (Å²) in [4.78, 5) is 16.3. The highest BCUT2D eigenvalue weighted by molar-refractivity contribution is 7.22. The van der Waals surface area contributed by atoms with E-state index in [1.54, 1.807) is 17.5 Å². The first-order chi connectivity index (χ1) is 15.0. The van der Waals surface area contributed by atoms with Gasteiger partial charge in [-0.3, -0.25) is 4.68 Å². The summed E-state index contributed by atoms with van der Waals surface area (Å²) < 4.78 is 9.73. The van der Waals surface area contributed by atoms with Crippen LogP contribution in [0.2, 0.25) is 0 Å². The molecule has 0 bridgehead atoms. The maximum atomic E-state index is 5.81. The SMILES string of the molecule is Cc1c(-c2ccn(C(C)C)n2)sc2nc(-c3nccn3C)nc(NCC3CCCO3)c12. The lowest BCUT2D eigenvalue weighted by molar-refractivity contribution is 0.120. The van der Waals surface area contributed by atoms with Crippen molar-refractivity contribution in [3.8, 4) is 22.2 Å². The first-order valence-corrected chi connectivity index (χ1v) is 11.5. The largest absolute Gasteiger partial charge is 0.376 e. The Bertz CT molecular complexity index is 1220. The van der Waals surface area contributed by atoms with Gasteiger partial charge >= 0.3 is 0 Å². The molecular formula is C22H27N7OS. The molecule has 0 amide bonds. The van der Waals surface area contributed by atoms with E-state index >= 15 is 0 Å². The average molecular weight is 438 g/mol. The number of rotatable bonds is 6. The van der Waals surface area contributed by atoms with Crippen LogP contribution >= 0.6 is 11.3 Å². The third kappa shape index (κ3) is 3.72. The van der Waals surface area contributed by atoms with Crippen molar-refractivity contribution in [2.24, 2.45) is 7.05 Å². The first kappa shape index (κ1) is 20.1. The van der Waals surface area contributed by atoms with E-state index < -0.39 is 0 Å². The summed E-state index contributed by atoms with van der Waals surface area (Å²) in [5, 5.41) is 9.38. The van der Waals surface area contributed by atoms with Crippen molar-refractivity contribution in [2.45, 2.75) is 45.8 Å². The normalized spacial score (nSPS) is 16.6. The van der Waals surface area contributed by atoms with Gasteiger partial charge < -0.3 is 14.6 Å². The van der Waals surface area contributed by atoms with Crippen molar-refractivity contribution in [1.29, 1.82) is 0 Å². The monoisotopic (exact) mass is 437 g/mol. The van der Waals surface area contributed by atoms with E-state index in [2.05, 4.69) is 37.1 Å². The van der Waals surface area contributed by atoms with Crippen LogP contribution in [0.15, 0.2) is 24.7 Å². The average Bonchev–Trinajstić information content (AvgIpc) is 3.53. The van der Waals surface area contributed by atoms with Gasteiger partial charge in [0.25, 0.3) is 0 Å². The molecule has 5 rings (SSSR count). The number of nitrogens with one attached hydrogen (secondary N) is 1. The molecule has 0 saturated carbocycles. The molecule has 0 aromatic carbocycles. The molecule has 31 heavy (non-hydrogen) atoms. The summed E-state index contributed by atoms with van der Waals surface area (Å²) >= 11 is 1.66. The lowest BCUT2D eigenvalue weighted by atomic mass is 10.1. The maximum absolute atomic E-state index is 5.81. The van der Waals surface area contributed by atoms with Crippen LogP contribution in [0.1, 0.15) is 38.3 Å². The summed E-state index contributed by atoms with van der Waals surface area (Å²) in [7, 11) is 1.96. The molecule has 1 saturated heterocycles. The molecule has 8 nitrogen and oxygen atoms in total. The standard InChI is InChI=1S/C22H27N7OS/c1-13(2)29-9-7-16(27-29)18-14(3)17-19(24-12-15-6-5-11-30-15)25-20(26-22(17)31-18)21-23-8-10-28(21)4/h7-10,13,15H,5-6,11-12H2,1-4H3,(H,24,25,26). The van der Waals surface area contributed by atoms with E-state index in [1.807, 2.05) is 28.7 Å². The number of ether oxygens (including phenoxy) is 1. The number of thiophene rings is 1. The molecule has 1 aliphatic rings. The minimum Gasteiger partial charge on any atom is -0.376 e. The highest BCUT2D eigenvalue weighted by Gasteiger charge is 2.22. The molecule has 0 radical (unpaired) electrons. The number of hydrogen-bond donors (Lipinski definition) is 1. The van der Waals surface area contributed by atoms with E-state index in [0.717, 1.165) is 64.0 Å². The lowest BCUT2D eigenvalue weighted by Crippen LogP contribution is -2.19. The molecule has 5 heterocycles. The predicted octanol–water partition coefficient (Wildman–Crippen LogP) is 4.44. The summed E-state index contributed by atoms with van der Waals surface area (Å²) in [5.74, 6) is 2.20. The molecular weight excluding hydrogens is 410 g/mol. The molecule has 1 atom stereocenters. The van der Waals surface area contributed by atoms with Crippen LogP contribution in [-0.4, -0.2) is 48.6 Å². The Morgan fingerprint density at radius 2 is 2.16 bits per heavy atom. The first-order valence-electron chi connectivity index (χ1n) is 10.7. The number of hydrogen-bond acceptors (Lipinski definition) is 7. The topological polar surface area (TPSA) is 82.7 Å². The van der Waals surface area contributed by atoms with Crippen LogP contribution < -0.4 is 5.32 Å². The minimum absolute atomic E-state index is 0.224. The van der Waals surface area contributed by atoms with Crippen LogP contribution in [0, 0.1) is 6.92 Å². The van der Waals surface area contributed by atoms with Gasteiger partial charge in [0.05, 0.1) is 16.4 Å². The molecule has 4 aromatic rings. The number of aryl methyl sites for hydroxylation is 2. The molecule has 0 spiro atoms. The van der Waals surface area contributed by atoms with Crippen molar-refractivity contribution in [1.82, 2.24) is 29.3 Å². The van der Waals surface area contributed by atoms with E-state index in [4.69, 9.17) is 19.8 Å². The molecule has 4 aromatic heterocycles. The van der Waals surface area contributed by atoms with Crippen molar-refractivity contribution < 1.29 is 4.74 Å². The zero-order chi connectivity index (χ0) is 21.5. The lowest BCUT2D eigenvalue weighted by Gasteiger charge is -2.13. The van der Waals surface area contributed by atoms with Crippen LogP contribution in [0.4, 0.5) is 5.82 Å². The van der Waals surface area contributed by atoms with Gasteiger partial charge in [0, 0.05) is 44.8 Å². The van der Waals surface area contributed by atoms with E-state index in [0.29, 0.717) is 11.9 Å². The van der Waals surface area contributed by atoms with Crippen LogP contribution in [0.5, 0.6) is 0 Å². The fourth-order valence-corrected chi connectivity index (χ4v) is 5.10. The maximum Gasteiger partial charge on any atom is 0.199 e. The van der Waals surface area contributed by atoms with E-state index in [1.165, 1.54) is 0 Å². The molecule has 1 aliphatic heterocycles. The Morgan fingerprint density at radius 1 is 1.29 bits per heavy atom. The van der Waals surface area contributed by atoms with Crippen molar-refractivity contribution in [3.05, 3.63) is 30.2 Å². The van der Waals surface area contributed by atoms with E-state index in [-0.39, 0.29) is 6.10 Å². The molecule has 1 fully saturated rings. The predicted molar refractivity (Wildman–Crippen MR) is 123 cm³/mol. The van der Waals surface area contributed by atoms with Crippen LogP contribution in [-0.2, 0) is 11.8 Å². The van der Waals surface area contributed by atoms with Crippen molar-refractivity contribution in [3.63, 3.8) is 0 Å². The second kappa shape index (κ2) is 8.05. The Kier molecular flexibility index (Phi) is 5.23. The summed E-state index contributed by atoms with van der Waals surface area (Å²) in [6, 6.07) is 2.39. The van der Waals surface area contributed by atoms with Gasteiger partial charge in [-0.15, -0.1) is 11.3 Å². The summed E-state index contributed by atoms with van der Waals surface area (Å²) in [5.41, 5.74) is 2.12. The number of anilines is 1. The van der Waals surface area contributed by atoms with E-state index in [9.17, 15) is 0 Å². The second-order valence-electron chi connectivity index (χ2n) is 8.28. The third-order valence-electron chi connectivity index (χ3n) is 5.70. The van der Waals surface area contributed by atoms with Gasteiger partial charge in [-0.1, -0.05) is 0 Å². The minimum atomic E-state index is 0.224.